The highest BCUT2D eigenvalue weighted by molar-refractivity contribution is 5.04. The van der Waals surface area contributed by atoms with Gasteiger partial charge in [0.2, 0.25) is 0 Å². The average Bonchev–Trinajstić information content (AvgIpc) is 3.00. The van der Waals surface area contributed by atoms with Crippen LogP contribution in [0.2, 0.25) is 0 Å². The molecule has 0 N–H and O–H groups in total. The minimum atomic E-state index is -2.70. The van der Waals surface area contributed by atoms with Gasteiger partial charge < -0.3 is 9.47 Å². The van der Waals surface area contributed by atoms with Gasteiger partial charge in [0.15, 0.2) is 0 Å². The van der Waals surface area contributed by atoms with E-state index in [9.17, 15) is 8.78 Å². The van der Waals surface area contributed by atoms with Crippen molar-refractivity contribution in [1.29, 1.82) is 0 Å². The molecule has 4 unspecified atom stereocenters. The minimum absolute atomic E-state index is 0.0378. The fourth-order valence-electron chi connectivity index (χ4n) is 5.01. The normalized spacial score (nSPS) is 39.5. The molecule has 0 spiro atoms. The number of ether oxygens (including phenoxy) is 2. The SMILES string of the molecule is COC1(C(C)C)CCC(CC(C)C2(OC)CCCC2(F)F)C1. The highest BCUT2D eigenvalue weighted by Gasteiger charge is 2.60. The fourth-order valence-corrected chi connectivity index (χ4v) is 5.01. The Morgan fingerprint density at radius 3 is 2.14 bits per heavy atom. The summed E-state index contributed by atoms with van der Waals surface area (Å²) < 4.78 is 40.0. The van der Waals surface area contributed by atoms with Gasteiger partial charge >= 0.3 is 0 Å². The maximum Gasteiger partial charge on any atom is 0.276 e. The van der Waals surface area contributed by atoms with Crippen LogP contribution in [-0.4, -0.2) is 31.3 Å². The van der Waals surface area contributed by atoms with Crippen LogP contribution in [0.15, 0.2) is 0 Å². The quantitative estimate of drug-likeness (QED) is 0.681. The third-order valence-corrected chi connectivity index (χ3v) is 6.57. The number of alkyl halides is 2. The van der Waals surface area contributed by atoms with E-state index in [-0.39, 0.29) is 17.9 Å². The molecule has 2 aliphatic carbocycles. The van der Waals surface area contributed by atoms with Crippen LogP contribution in [0.25, 0.3) is 0 Å². The standard InChI is InChI=1S/C18H32F2O2/c1-13(2)16(21-4)10-7-15(12-16)11-14(3)17(22-5)8-6-9-18(17,19)20/h13-15H,6-12H2,1-5H3. The van der Waals surface area contributed by atoms with Gasteiger partial charge in [-0.25, -0.2) is 8.78 Å². The van der Waals surface area contributed by atoms with E-state index in [0.29, 0.717) is 24.7 Å². The Hall–Kier alpha value is -0.220. The van der Waals surface area contributed by atoms with Crippen LogP contribution in [-0.2, 0) is 9.47 Å². The molecule has 2 saturated carbocycles. The highest BCUT2D eigenvalue weighted by atomic mass is 19.3. The predicted molar refractivity (Wildman–Crippen MR) is 84.2 cm³/mol. The molecule has 2 nitrogen and oxygen atoms in total. The Bertz CT molecular complexity index is 385. The molecule has 4 heteroatoms. The van der Waals surface area contributed by atoms with E-state index >= 15 is 0 Å². The lowest BCUT2D eigenvalue weighted by molar-refractivity contribution is -0.203. The molecule has 2 fully saturated rings. The molecule has 2 aliphatic rings. The summed E-state index contributed by atoms with van der Waals surface area (Å²) in [6.07, 6.45) is 4.90. The molecule has 0 saturated heterocycles. The lowest BCUT2D eigenvalue weighted by Crippen LogP contribution is -2.50. The van der Waals surface area contributed by atoms with Gasteiger partial charge in [-0.15, -0.1) is 0 Å². The number of halogens is 2. The Kier molecular flexibility index (Phi) is 5.23. The Balaban J connectivity index is 2.05. The van der Waals surface area contributed by atoms with Gasteiger partial charge in [0.1, 0.15) is 5.60 Å². The van der Waals surface area contributed by atoms with E-state index in [1.807, 2.05) is 6.92 Å². The lowest BCUT2D eigenvalue weighted by atomic mass is 9.77. The summed E-state index contributed by atoms with van der Waals surface area (Å²) in [5, 5.41) is 0. The summed E-state index contributed by atoms with van der Waals surface area (Å²) in [5.74, 6) is -1.90. The van der Waals surface area contributed by atoms with Gasteiger partial charge in [0.05, 0.1) is 5.60 Å². The molecular weight excluding hydrogens is 286 g/mol. The van der Waals surface area contributed by atoms with Gasteiger partial charge in [0.25, 0.3) is 5.92 Å². The van der Waals surface area contributed by atoms with Gasteiger partial charge in [-0.2, -0.15) is 0 Å². The Labute approximate surface area is 133 Å². The summed E-state index contributed by atoms with van der Waals surface area (Å²) >= 11 is 0. The van der Waals surface area contributed by atoms with Gasteiger partial charge in [-0.3, -0.25) is 0 Å². The average molecular weight is 318 g/mol. The van der Waals surface area contributed by atoms with Gasteiger partial charge in [-0.1, -0.05) is 20.8 Å². The molecule has 0 heterocycles. The third kappa shape index (κ3) is 2.82. The first-order valence-corrected chi connectivity index (χ1v) is 8.71. The largest absolute Gasteiger partial charge is 0.378 e. The molecule has 22 heavy (non-hydrogen) atoms. The molecule has 0 aliphatic heterocycles. The van der Waals surface area contributed by atoms with E-state index in [0.717, 1.165) is 25.7 Å². The highest BCUT2D eigenvalue weighted by Crippen LogP contribution is 2.53. The zero-order chi connectivity index (χ0) is 16.6. The maximum atomic E-state index is 14.4. The summed E-state index contributed by atoms with van der Waals surface area (Å²) in [4.78, 5) is 0. The van der Waals surface area contributed by atoms with E-state index in [4.69, 9.17) is 9.47 Å². The van der Waals surface area contributed by atoms with E-state index < -0.39 is 11.5 Å². The first-order chi connectivity index (χ1) is 10.2. The van der Waals surface area contributed by atoms with Crippen molar-refractivity contribution >= 4 is 0 Å². The lowest BCUT2D eigenvalue weighted by Gasteiger charge is -2.40. The Morgan fingerprint density at radius 1 is 1.05 bits per heavy atom. The van der Waals surface area contributed by atoms with Crippen LogP contribution in [0.4, 0.5) is 8.78 Å². The van der Waals surface area contributed by atoms with E-state index in [1.165, 1.54) is 7.11 Å². The molecule has 2 rings (SSSR count). The van der Waals surface area contributed by atoms with Crippen LogP contribution in [0.3, 0.4) is 0 Å². The number of hydrogen-bond acceptors (Lipinski definition) is 2. The second-order valence-electron chi connectivity index (χ2n) is 7.82. The van der Waals surface area contributed by atoms with Gasteiger partial charge in [-0.05, 0) is 56.3 Å². The van der Waals surface area contributed by atoms with E-state index in [1.54, 1.807) is 7.11 Å². The van der Waals surface area contributed by atoms with Crippen molar-refractivity contribution in [2.75, 3.05) is 14.2 Å². The van der Waals surface area contributed by atoms with Crippen LogP contribution in [0.5, 0.6) is 0 Å². The first kappa shape index (κ1) is 18.1. The molecule has 0 aromatic heterocycles. The molecule has 0 amide bonds. The molecular formula is C18H32F2O2. The van der Waals surface area contributed by atoms with Crippen molar-refractivity contribution in [3.63, 3.8) is 0 Å². The number of methoxy groups -OCH3 is 2. The zero-order valence-electron chi connectivity index (χ0n) is 14.8. The third-order valence-electron chi connectivity index (χ3n) is 6.57. The van der Waals surface area contributed by atoms with E-state index in [2.05, 4.69) is 13.8 Å². The zero-order valence-corrected chi connectivity index (χ0v) is 14.8. The summed E-state index contributed by atoms with van der Waals surface area (Å²) in [6, 6.07) is 0. The summed E-state index contributed by atoms with van der Waals surface area (Å²) in [5.41, 5.74) is -1.33. The molecule has 0 aromatic carbocycles. The molecule has 130 valence electrons. The number of hydrogen-bond donors (Lipinski definition) is 0. The second kappa shape index (κ2) is 6.35. The molecule has 0 bridgehead atoms. The van der Waals surface area contributed by atoms with Crippen molar-refractivity contribution < 1.29 is 18.3 Å². The van der Waals surface area contributed by atoms with Crippen LogP contribution >= 0.6 is 0 Å². The van der Waals surface area contributed by atoms with Crippen molar-refractivity contribution in [2.24, 2.45) is 17.8 Å². The first-order valence-electron chi connectivity index (χ1n) is 8.71. The van der Waals surface area contributed by atoms with Gasteiger partial charge in [0, 0.05) is 20.6 Å². The molecule has 4 atom stereocenters. The monoisotopic (exact) mass is 318 g/mol. The molecule has 0 aromatic rings. The van der Waals surface area contributed by atoms with Crippen LogP contribution in [0, 0.1) is 17.8 Å². The minimum Gasteiger partial charge on any atom is -0.378 e. The number of rotatable bonds is 6. The summed E-state index contributed by atoms with van der Waals surface area (Å²) in [6.45, 7) is 6.33. The Morgan fingerprint density at radius 2 is 1.73 bits per heavy atom. The van der Waals surface area contributed by atoms with Crippen molar-refractivity contribution in [2.45, 2.75) is 82.8 Å². The fraction of sp³-hybridized carbons (Fsp3) is 1.00. The van der Waals surface area contributed by atoms with Crippen LogP contribution in [0.1, 0.15) is 65.7 Å². The maximum absolute atomic E-state index is 14.4. The van der Waals surface area contributed by atoms with Crippen molar-refractivity contribution in [3.05, 3.63) is 0 Å². The second-order valence-corrected chi connectivity index (χ2v) is 7.82. The van der Waals surface area contributed by atoms with Crippen molar-refractivity contribution in [3.8, 4) is 0 Å². The van der Waals surface area contributed by atoms with Crippen molar-refractivity contribution in [1.82, 2.24) is 0 Å². The van der Waals surface area contributed by atoms with Crippen LogP contribution < -0.4 is 0 Å². The predicted octanol–water partition coefficient (Wildman–Crippen LogP) is 5.06. The topological polar surface area (TPSA) is 18.5 Å². The smallest absolute Gasteiger partial charge is 0.276 e. The molecule has 0 radical (unpaired) electrons. The summed E-state index contributed by atoms with van der Waals surface area (Å²) in [7, 11) is 3.24.